The maximum Gasteiger partial charge on any atom is 0.252 e. The first-order chi connectivity index (χ1) is 8.59. The Labute approximate surface area is 119 Å². The minimum Gasteiger partial charge on any atom is -0.345 e. The van der Waals surface area contributed by atoms with E-state index >= 15 is 0 Å². The van der Waals surface area contributed by atoms with Crippen LogP contribution in [0.4, 0.5) is 0 Å². The zero-order valence-electron chi connectivity index (χ0n) is 10.2. The first kappa shape index (κ1) is 13.3. The van der Waals surface area contributed by atoms with Crippen molar-refractivity contribution in [3.8, 4) is 0 Å². The SMILES string of the molecule is Cc1c(Br)cccc1C(=O)NC(C)c1cccs1. The van der Waals surface area contributed by atoms with Gasteiger partial charge in [0, 0.05) is 14.9 Å². The summed E-state index contributed by atoms with van der Waals surface area (Å²) >= 11 is 5.09. The fraction of sp³-hybridized carbons (Fsp3) is 0.214. The number of halogens is 1. The molecule has 94 valence electrons. The van der Waals surface area contributed by atoms with Gasteiger partial charge in [0.25, 0.3) is 5.91 Å². The molecule has 1 aromatic carbocycles. The minimum atomic E-state index is -0.0327. The molecule has 2 aromatic rings. The molecular formula is C14H14BrNOS. The zero-order chi connectivity index (χ0) is 13.1. The second-order valence-electron chi connectivity index (χ2n) is 4.12. The quantitative estimate of drug-likeness (QED) is 0.895. The predicted octanol–water partition coefficient (Wildman–Crippen LogP) is 4.31. The van der Waals surface area contributed by atoms with E-state index in [0.29, 0.717) is 5.56 Å². The smallest absolute Gasteiger partial charge is 0.252 e. The summed E-state index contributed by atoms with van der Waals surface area (Å²) in [6.07, 6.45) is 0. The van der Waals surface area contributed by atoms with Gasteiger partial charge in [0.1, 0.15) is 0 Å². The highest BCUT2D eigenvalue weighted by Gasteiger charge is 2.14. The lowest BCUT2D eigenvalue weighted by Gasteiger charge is -2.14. The van der Waals surface area contributed by atoms with Crippen LogP contribution in [0.3, 0.4) is 0 Å². The van der Waals surface area contributed by atoms with E-state index in [1.54, 1.807) is 11.3 Å². The van der Waals surface area contributed by atoms with Crippen molar-refractivity contribution in [1.29, 1.82) is 0 Å². The summed E-state index contributed by atoms with van der Waals surface area (Å²) < 4.78 is 0.957. The lowest BCUT2D eigenvalue weighted by molar-refractivity contribution is 0.0940. The highest BCUT2D eigenvalue weighted by Crippen LogP contribution is 2.22. The topological polar surface area (TPSA) is 29.1 Å². The number of thiophene rings is 1. The fourth-order valence-electron chi connectivity index (χ4n) is 1.74. The van der Waals surface area contributed by atoms with Crippen molar-refractivity contribution >= 4 is 33.2 Å². The Morgan fingerprint density at radius 1 is 1.33 bits per heavy atom. The molecule has 4 heteroatoms. The Bertz CT molecular complexity index is 551. The van der Waals surface area contributed by atoms with E-state index in [2.05, 4.69) is 21.2 Å². The van der Waals surface area contributed by atoms with E-state index in [1.807, 2.05) is 49.6 Å². The third-order valence-electron chi connectivity index (χ3n) is 2.83. The molecule has 0 saturated carbocycles. The maximum absolute atomic E-state index is 12.2. The van der Waals surface area contributed by atoms with Gasteiger partial charge in [0.15, 0.2) is 0 Å². The molecule has 1 atom stereocenters. The van der Waals surface area contributed by atoms with Gasteiger partial charge in [0.2, 0.25) is 0 Å². The van der Waals surface area contributed by atoms with Gasteiger partial charge >= 0.3 is 0 Å². The number of benzene rings is 1. The molecule has 18 heavy (non-hydrogen) atoms. The molecule has 0 aliphatic carbocycles. The van der Waals surface area contributed by atoms with Crippen LogP contribution in [0, 0.1) is 6.92 Å². The molecule has 2 nitrogen and oxygen atoms in total. The van der Waals surface area contributed by atoms with Crippen LogP contribution < -0.4 is 5.32 Å². The van der Waals surface area contributed by atoms with Crippen molar-refractivity contribution in [2.45, 2.75) is 19.9 Å². The minimum absolute atomic E-state index is 0.0327. The Morgan fingerprint density at radius 2 is 2.11 bits per heavy atom. The molecule has 1 aromatic heterocycles. The van der Waals surface area contributed by atoms with Gasteiger partial charge in [-0.05, 0) is 43.0 Å². The van der Waals surface area contributed by atoms with Gasteiger partial charge in [-0.15, -0.1) is 11.3 Å². The molecule has 0 aliphatic rings. The van der Waals surface area contributed by atoms with Gasteiger partial charge in [-0.2, -0.15) is 0 Å². The van der Waals surface area contributed by atoms with Gasteiger partial charge in [-0.1, -0.05) is 28.1 Å². The summed E-state index contributed by atoms with van der Waals surface area (Å²) in [5.41, 5.74) is 1.68. The molecule has 0 spiro atoms. The van der Waals surface area contributed by atoms with Crippen molar-refractivity contribution in [3.05, 3.63) is 56.2 Å². The molecule has 2 rings (SSSR count). The molecule has 1 N–H and O–H groups in total. The number of carbonyl (C=O) groups excluding carboxylic acids is 1. The third kappa shape index (κ3) is 2.82. The van der Waals surface area contributed by atoms with E-state index in [0.717, 1.165) is 14.9 Å². The summed E-state index contributed by atoms with van der Waals surface area (Å²) in [5.74, 6) is -0.0327. The van der Waals surface area contributed by atoms with Crippen molar-refractivity contribution in [2.24, 2.45) is 0 Å². The van der Waals surface area contributed by atoms with E-state index in [-0.39, 0.29) is 11.9 Å². The van der Waals surface area contributed by atoms with Gasteiger partial charge < -0.3 is 5.32 Å². The van der Waals surface area contributed by atoms with Crippen molar-refractivity contribution in [3.63, 3.8) is 0 Å². The average molecular weight is 324 g/mol. The fourth-order valence-corrected chi connectivity index (χ4v) is 2.84. The van der Waals surface area contributed by atoms with Crippen LogP contribution in [0.5, 0.6) is 0 Å². The highest BCUT2D eigenvalue weighted by molar-refractivity contribution is 9.10. The van der Waals surface area contributed by atoms with Crippen molar-refractivity contribution in [2.75, 3.05) is 0 Å². The summed E-state index contributed by atoms with van der Waals surface area (Å²) in [4.78, 5) is 13.4. The van der Waals surface area contributed by atoms with E-state index < -0.39 is 0 Å². The lowest BCUT2D eigenvalue weighted by atomic mass is 10.1. The van der Waals surface area contributed by atoms with Crippen LogP contribution in [-0.4, -0.2) is 5.91 Å². The largest absolute Gasteiger partial charge is 0.345 e. The van der Waals surface area contributed by atoms with Crippen molar-refractivity contribution < 1.29 is 4.79 Å². The summed E-state index contributed by atoms with van der Waals surface area (Å²) in [7, 11) is 0. The maximum atomic E-state index is 12.2. The van der Waals surface area contributed by atoms with E-state index in [4.69, 9.17) is 0 Å². The van der Waals surface area contributed by atoms with Gasteiger partial charge in [-0.3, -0.25) is 4.79 Å². The van der Waals surface area contributed by atoms with Crippen LogP contribution >= 0.6 is 27.3 Å². The number of amides is 1. The second kappa shape index (κ2) is 5.67. The second-order valence-corrected chi connectivity index (χ2v) is 5.96. The number of hydrogen-bond acceptors (Lipinski definition) is 2. The number of nitrogens with one attached hydrogen (secondary N) is 1. The molecule has 0 radical (unpaired) electrons. The monoisotopic (exact) mass is 323 g/mol. The first-order valence-electron chi connectivity index (χ1n) is 5.69. The number of hydrogen-bond donors (Lipinski definition) is 1. The zero-order valence-corrected chi connectivity index (χ0v) is 12.6. The normalized spacial score (nSPS) is 12.2. The molecule has 0 saturated heterocycles. The number of rotatable bonds is 3. The molecular weight excluding hydrogens is 310 g/mol. The average Bonchev–Trinajstić information content (AvgIpc) is 2.86. The first-order valence-corrected chi connectivity index (χ1v) is 7.36. The summed E-state index contributed by atoms with van der Waals surface area (Å²) in [6.45, 7) is 3.94. The molecule has 1 heterocycles. The van der Waals surface area contributed by atoms with Crippen LogP contribution in [0.15, 0.2) is 40.2 Å². The van der Waals surface area contributed by atoms with Crippen LogP contribution in [0.2, 0.25) is 0 Å². The molecule has 0 fully saturated rings. The Morgan fingerprint density at radius 3 is 2.78 bits per heavy atom. The molecule has 0 bridgehead atoms. The third-order valence-corrected chi connectivity index (χ3v) is 4.74. The lowest BCUT2D eigenvalue weighted by Crippen LogP contribution is -2.26. The van der Waals surface area contributed by atoms with Crippen LogP contribution in [0.25, 0.3) is 0 Å². The Kier molecular flexibility index (Phi) is 4.19. The Balaban J connectivity index is 2.15. The van der Waals surface area contributed by atoms with Crippen LogP contribution in [0.1, 0.15) is 33.8 Å². The van der Waals surface area contributed by atoms with Crippen LogP contribution in [-0.2, 0) is 0 Å². The van der Waals surface area contributed by atoms with Crippen molar-refractivity contribution in [1.82, 2.24) is 5.32 Å². The highest BCUT2D eigenvalue weighted by atomic mass is 79.9. The van der Waals surface area contributed by atoms with Gasteiger partial charge in [0.05, 0.1) is 6.04 Å². The standard InChI is InChI=1S/C14H14BrNOS/c1-9-11(5-3-6-12(9)15)14(17)16-10(2)13-7-4-8-18-13/h3-8,10H,1-2H3,(H,16,17). The van der Waals surface area contributed by atoms with E-state index in [9.17, 15) is 4.79 Å². The summed E-state index contributed by atoms with van der Waals surface area (Å²) in [5, 5.41) is 5.03. The molecule has 1 amide bonds. The van der Waals surface area contributed by atoms with E-state index in [1.165, 1.54) is 0 Å². The number of carbonyl (C=O) groups is 1. The molecule has 0 aliphatic heterocycles. The predicted molar refractivity (Wildman–Crippen MR) is 79.1 cm³/mol. The Hall–Kier alpha value is -1.13. The van der Waals surface area contributed by atoms with Gasteiger partial charge in [-0.25, -0.2) is 0 Å². The molecule has 1 unspecified atom stereocenters. The summed E-state index contributed by atoms with van der Waals surface area (Å²) in [6, 6.07) is 9.72.